The van der Waals surface area contributed by atoms with Gasteiger partial charge in [-0.2, -0.15) is 0 Å². The molecule has 0 saturated heterocycles. The lowest BCUT2D eigenvalue weighted by molar-refractivity contribution is 0.590. The molecule has 7 aromatic carbocycles. The van der Waals surface area contributed by atoms with Gasteiger partial charge in [0.25, 0.3) is 0 Å². The van der Waals surface area contributed by atoms with Crippen molar-refractivity contribution in [2.24, 2.45) is 0 Å². The maximum atomic E-state index is 7.36. The summed E-state index contributed by atoms with van der Waals surface area (Å²) < 4.78 is 27.7. The first-order valence-corrected chi connectivity index (χ1v) is 24.6. The number of para-hydroxylation sites is 2. The summed E-state index contributed by atoms with van der Waals surface area (Å²) in [7, 11) is 0. The Morgan fingerprint density at radius 1 is 0.400 bits per heavy atom. The lowest BCUT2D eigenvalue weighted by Gasteiger charge is -2.42. The third-order valence-electron chi connectivity index (χ3n) is 15.0. The van der Waals surface area contributed by atoms with E-state index in [9.17, 15) is 0 Å². The zero-order valence-electron chi connectivity index (χ0n) is 41.8. The predicted molar refractivity (Wildman–Crippen MR) is 292 cm³/mol. The van der Waals surface area contributed by atoms with E-state index in [0.29, 0.717) is 0 Å². The molecule has 2 aliphatic rings. The second kappa shape index (κ2) is 14.7. The van der Waals surface area contributed by atoms with Crippen LogP contribution in [0.3, 0.4) is 0 Å². The van der Waals surface area contributed by atoms with E-state index < -0.39 is 0 Å². The van der Waals surface area contributed by atoms with E-state index in [-0.39, 0.29) is 17.5 Å². The summed E-state index contributed by atoms with van der Waals surface area (Å²) in [5.74, 6) is 1.71. The Kier molecular flexibility index (Phi) is 8.91. The monoisotopic (exact) mass is 914 g/mol. The van der Waals surface area contributed by atoms with Crippen LogP contribution in [0, 0.1) is 34.6 Å². The first-order chi connectivity index (χ1) is 33.5. The maximum Gasteiger partial charge on any atom is 0.342 e. The number of nitrogens with zero attached hydrogens (tertiary/aromatic N) is 2. The van der Waals surface area contributed by atoms with Crippen LogP contribution >= 0.6 is 0 Å². The van der Waals surface area contributed by atoms with Crippen LogP contribution in [0.4, 0.5) is 34.1 Å². The van der Waals surface area contributed by atoms with Crippen molar-refractivity contribution in [1.29, 1.82) is 0 Å². The van der Waals surface area contributed by atoms with Gasteiger partial charge >= 0.3 is 6.71 Å². The van der Waals surface area contributed by atoms with Crippen molar-refractivity contribution in [1.82, 2.24) is 0 Å². The molecule has 0 radical (unpaired) electrons. The van der Waals surface area contributed by atoms with Gasteiger partial charge < -0.3 is 27.5 Å². The highest BCUT2D eigenvalue weighted by molar-refractivity contribution is 6.99. The molecule has 0 aliphatic carbocycles. The van der Waals surface area contributed by atoms with Gasteiger partial charge in [-0.15, -0.1) is 0 Å². The molecule has 13 rings (SSSR count). The van der Waals surface area contributed by atoms with E-state index in [1.165, 1.54) is 11.1 Å². The van der Waals surface area contributed by atoms with E-state index >= 15 is 0 Å². The largest absolute Gasteiger partial charge is 0.468 e. The molecule has 0 atom stereocenters. The van der Waals surface area contributed by atoms with Crippen molar-refractivity contribution in [2.45, 2.75) is 87.0 Å². The number of aryl methyl sites for hydroxylation is 5. The van der Waals surface area contributed by atoms with Gasteiger partial charge in [0.2, 0.25) is 0 Å². The van der Waals surface area contributed by atoms with Crippen molar-refractivity contribution in [2.75, 3.05) is 9.80 Å². The summed E-state index contributed by atoms with van der Waals surface area (Å²) in [5, 5.41) is 4.35. The van der Waals surface area contributed by atoms with Crippen molar-refractivity contribution in [3.05, 3.63) is 172 Å². The van der Waals surface area contributed by atoms with Crippen molar-refractivity contribution < 1.29 is 17.7 Å². The fraction of sp³-hybridized carbons (Fsp3) is 0.206. The predicted octanol–water partition coefficient (Wildman–Crippen LogP) is 16.2. The van der Waals surface area contributed by atoms with Crippen LogP contribution in [-0.4, -0.2) is 6.71 Å². The molecule has 2 aliphatic heterocycles. The first kappa shape index (κ1) is 42.5. The highest BCUT2D eigenvalue weighted by atomic mass is 16.4. The second-order valence-corrected chi connectivity index (χ2v) is 22.1. The maximum absolute atomic E-state index is 7.36. The Morgan fingerprint density at radius 2 is 0.800 bits per heavy atom. The Hall–Kier alpha value is -7.64. The van der Waals surface area contributed by atoms with Gasteiger partial charge in [-0.3, -0.25) is 0 Å². The number of hydrogen-bond donors (Lipinski definition) is 0. The van der Waals surface area contributed by atoms with E-state index in [2.05, 4.69) is 195 Å². The normalized spacial score (nSPS) is 13.6. The average Bonchev–Trinajstić information content (AvgIpc) is 4.11. The Morgan fingerprint density at radius 3 is 1.19 bits per heavy atom. The van der Waals surface area contributed by atoms with Crippen LogP contribution in [0.15, 0.2) is 151 Å². The first-order valence-electron chi connectivity index (χ1n) is 24.6. The standard InChI is InChI=1S/C63H55BN2O4/c1-34-24-47-55-48(25-34)66(57-37(4)28-42(29-38(57)5)54-31-40-17-13-15-19-50(40)68-54)59-46-33-44(63(9,10)11)21-23-52(46)70-61(59)64(55)60-58(45-32-43(62(6,7)8)20-22-51(45)69-60)65(47)56-35(2)26-41(27-36(56)3)53-30-39-16-12-14-18-49(39)67-53/h12-33H,1-11H3. The van der Waals surface area contributed by atoms with Gasteiger partial charge in [-0.05, 0) is 175 Å². The molecule has 4 aromatic heterocycles. The molecule has 0 bridgehead atoms. The minimum atomic E-state index is -0.343. The number of anilines is 6. The van der Waals surface area contributed by atoms with Crippen molar-refractivity contribution in [3.63, 3.8) is 0 Å². The third-order valence-corrected chi connectivity index (χ3v) is 15.0. The van der Waals surface area contributed by atoms with E-state index in [0.717, 1.165) is 145 Å². The quantitative estimate of drug-likeness (QED) is 0.164. The van der Waals surface area contributed by atoms with Crippen LogP contribution in [0.5, 0.6) is 0 Å². The molecule has 11 aromatic rings. The Labute approximate surface area is 409 Å². The molecule has 0 amide bonds. The summed E-state index contributed by atoms with van der Waals surface area (Å²) in [4.78, 5) is 5.02. The van der Waals surface area contributed by atoms with Gasteiger partial charge in [0, 0.05) is 44.0 Å². The summed E-state index contributed by atoms with van der Waals surface area (Å²) in [6, 6.07) is 48.2. The lowest BCUT2D eigenvalue weighted by Crippen LogP contribution is -2.60. The molecule has 7 heteroatoms. The highest BCUT2D eigenvalue weighted by Crippen LogP contribution is 2.52. The van der Waals surface area contributed by atoms with E-state index in [1.54, 1.807) is 0 Å². The highest BCUT2D eigenvalue weighted by Gasteiger charge is 2.50. The smallest absolute Gasteiger partial charge is 0.342 e. The van der Waals surface area contributed by atoms with Crippen molar-refractivity contribution in [3.8, 4) is 22.6 Å². The molecule has 0 unspecified atom stereocenters. The fourth-order valence-corrected chi connectivity index (χ4v) is 11.7. The lowest BCUT2D eigenvalue weighted by atomic mass is 9.37. The summed E-state index contributed by atoms with van der Waals surface area (Å²) in [6.07, 6.45) is 0. The molecule has 0 fully saturated rings. The SMILES string of the molecule is Cc1cc2c3c(c1)N(c1c(C)cc(-c4cc5ccccc5o4)cc1C)c1c(oc4ccc(C(C)(C)C)cc14)B3c1oc3ccc(C(C)(C)C)cc3c1N2c1c(C)cc(-c2cc3ccccc3o2)cc1C. The number of fused-ring (bicyclic) bond motifs is 10. The minimum Gasteiger partial charge on any atom is -0.468 e. The molecule has 6 heterocycles. The molecule has 0 saturated carbocycles. The van der Waals surface area contributed by atoms with Gasteiger partial charge in [-0.1, -0.05) is 90.1 Å². The third kappa shape index (κ3) is 6.26. The molecule has 70 heavy (non-hydrogen) atoms. The Bertz CT molecular complexity index is 3640. The van der Waals surface area contributed by atoms with E-state index in [4.69, 9.17) is 17.7 Å². The van der Waals surface area contributed by atoms with Gasteiger partial charge in [0.1, 0.15) is 45.2 Å². The van der Waals surface area contributed by atoms with Crippen LogP contribution < -0.4 is 26.6 Å². The van der Waals surface area contributed by atoms with Gasteiger partial charge in [-0.25, -0.2) is 0 Å². The molecule has 344 valence electrons. The fourth-order valence-electron chi connectivity index (χ4n) is 11.7. The Balaban J connectivity index is 1.11. The molecule has 0 spiro atoms. The summed E-state index contributed by atoms with van der Waals surface area (Å²) in [6.45, 7) is 24.5. The molecular formula is C63H55BN2O4. The van der Waals surface area contributed by atoms with Gasteiger partial charge in [0.15, 0.2) is 0 Å². The minimum absolute atomic E-state index is 0.0861. The molecular weight excluding hydrogens is 860 g/mol. The summed E-state index contributed by atoms with van der Waals surface area (Å²) >= 11 is 0. The van der Waals surface area contributed by atoms with Crippen LogP contribution in [-0.2, 0) is 10.8 Å². The second-order valence-electron chi connectivity index (χ2n) is 22.1. The van der Waals surface area contributed by atoms with Crippen LogP contribution in [0.25, 0.3) is 66.5 Å². The van der Waals surface area contributed by atoms with Crippen molar-refractivity contribution >= 4 is 101 Å². The van der Waals surface area contributed by atoms with E-state index in [1.807, 2.05) is 24.3 Å². The topological polar surface area (TPSA) is 59.0 Å². The zero-order valence-corrected chi connectivity index (χ0v) is 41.8. The van der Waals surface area contributed by atoms with Crippen LogP contribution in [0.2, 0.25) is 0 Å². The zero-order chi connectivity index (χ0) is 48.3. The average molecular weight is 915 g/mol. The van der Waals surface area contributed by atoms with Gasteiger partial charge in [0.05, 0.1) is 22.7 Å². The summed E-state index contributed by atoms with van der Waals surface area (Å²) in [5.41, 5.74) is 23.1. The molecule has 0 N–H and O–H groups in total. The number of rotatable bonds is 4. The van der Waals surface area contributed by atoms with Crippen LogP contribution in [0.1, 0.15) is 80.5 Å². The molecule has 6 nitrogen and oxygen atoms in total. The number of benzene rings is 7. The number of furan rings is 4. The number of hydrogen-bond acceptors (Lipinski definition) is 6.